The molecule has 2 rings (SSSR count). The molecule has 4 N–H and O–H groups in total. The molecule has 1 aromatic carbocycles. The number of esters is 2. The topological polar surface area (TPSA) is 110 Å². The minimum absolute atomic E-state index is 0.177. The van der Waals surface area contributed by atoms with Crippen LogP contribution in [-0.2, 0) is 4.74 Å². The number of carbonyl (C=O) groups is 2. The van der Waals surface area contributed by atoms with Gasteiger partial charge in [-0.25, -0.2) is 9.59 Å². The standard InChI is InChI=1S/C8H4O3.C4H11NO2/c9-7-5-3-1-2-4-6(5)8(10)11-7;1-4(5,2-6)3-7/h1-4H;6-7H,2-3,5H2,1H3. The van der Waals surface area contributed by atoms with Gasteiger partial charge in [0.05, 0.1) is 29.9 Å². The summed E-state index contributed by atoms with van der Waals surface area (Å²) in [6.07, 6.45) is 0. The summed E-state index contributed by atoms with van der Waals surface area (Å²) in [4.78, 5) is 21.7. The first-order valence-corrected chi connectivity index (χ1v) is 5.27. The van der Waals surface area contributed by atoms with Crippen molar-refractivity contribution in [3.8, 4) is 0 Å². The number of carbonyl (C=O) groups excluding carboxylic acids is 2. The monoisotopic (exact) mass is 253 g/mol. The normalized spacial score (nSPS) is 13.6. The zero-order valence-corrected chi connectivity index (χ0v) is 9.92. The molecule has 0 unspecified atom stereocenters. The predicted octanol–water partition coefficient (Wildman–Crippen LogP) is -0.314. The summed E-state index contributed by atoms with van der Waals surface area (Å²) in [5.74, 6) is -1.10. The maximum absolute atomic E-state index is 10.8. The van der Waals surface area contributed by atoms with Gasteiger partial charge in [0, 0.05) is 0 Å². The second kappa shape index (κ2) is 5.72. The number of fused-ring (bicyclic) bond motifs is 1. The molecule has 0 amide bonds. The van der Waals surface area contributed by atoms with E-state index in [1.165, 1.54) is 0 Å². The average Bonchev–Trinajstić information content (AvgIpc) is 2.67. The fourth-order valence-corrected chi connectivity index (χ4v) is 1.08. The lowest BCUT2D eigenvalue weighted by Crippen LogP contribution is -2.43. The van der Waals surface area contributed by atoms with Crippen LogP contribution >= 0.6 is 0 Å². The Bertz CT molecular complexity index is 417. The zero-order valence-electron chi connectivity index (χ0n) is 9.92. The Hall–Kier alpha value is -1.76. The number of nitrogens with two attached hydrogens (primary N) is 1. The number of benzene rings is 1. The fourth-order valence-electron chi connectivity index (χ4n) is 1.08. The molecule has 0 fully saturated rings. The van der Waals surface area contributed by atoms with Crippen molar-refractivity contribution in [2.24, 2.45) is 5.73 Å². The second-order valence-electron chi connectivity index (χ2n) is 4.19. The fraction of sp³-hybridized carbons (Fsp3) is 0.333. The first kappa shape index (κ1) is 14.3. The lowest BCUT2D eigenvalue weighted by atomic mass is 10.1. The van der Waals surface area contributed by atoms with E-state index in [-0.39, 0.29) is 13.2 Å². The van der Waals surface area contributed by atoms with E-state index in [0.29, 0.717) is 11.1 Å². The van der Waals surface area contributed by atoms with Crippen molar-refractivity contribution >= 4 is 11.9 Å². The summed E-state index contributed by atoms with van der Waals surface area (Å²) < 4.78 is 4.35. The lowest BCUT2D eigenvalue weighted by molar-refractivity contribution is 0.0444. The van der Waals surface area contributed by atoms with E-state index in [0.717, 1.165) is 0 Å². The van der Waals surface area contributed by atoms with Gasteiger partial charge in [-0.1, -0.05) is 12.1 Å². The number of rotatable bonds is 2. The third-order valence-electron chi connectivity index (χ3n) is 2.27. The van der Waals surface area contributed by atoms with Gasteiger partial charge in [-0.15, -0.1) is 0 Å². The third kappa shape index (κ3) is 3.36. The van der Waals surface area contributed by atoms with Crippen LogP contribution in [0.3, 0.4) is 0 Å². The highest BCUT2D eigenvalue weighted by atomic mass is 16.6. The summed E-state index contributed by atoms with van der Waals surface area (Å²) >= 11 is 0. The lowest BCUT2D eigenvalue weighted by Gasteiger charge is -2.16. The number of ether oxygens (including phenoxy) is 1. The molecule has 1 aliphatic heterocycles. The molecule has 6 heteroatoms. The molecule has 18 heavy (non-hydrogen) atoms. The largest absolute Gasteiger partial charge is 0.394 e. The second-order valence-corrected chi connectivity index (χ2v) is 4.19. The molecule has 0 saturated carbocycles. The molecule has 1 aromatic rings. The van der Waals surface area contributed by atoms with Crippen LogP contribution in [-0.4, -0.2) is 40.9 Å². The van der Waals surface area contributed by atoms with Crippen molar-refractivity contribution in [3.63, 3.8) is 0 Å². The minimum Gasteiger partial charge on any atom is -0.394 e. The van der Waals surface area contributed by atoms with Gasteiger partial charge < -0.3 is 20.7 Å². The first-order valence-electron chi connectivity index (χ1n) is 5.27. The van der Waals surface area contributed by atoms with Gasteiger partial charge in [-0.3, -0.25) is 0 Å². The Morgan fingerprint density at radius 1 is 1.11 bits per heavy atom. The number of hydrogen-bond acceptors (Lipinski definition) is 6. The van der Waals surface area contributed by atoms with Crippen molar-refractivity contribution < 1.29 is 24.5 Å². The number of cyclic esters (lactones) is 2. The minimum atomic E-state index is -0.806. The Morgan fingerprint density at radius 2 is 1.50 bits per heavy atom. The first-order chi connectivity index (χ1) is 8.41. The van der Waals surface area contributed by atoms with Crippen molar-refractivity contribution in [2.75, 3.05) is 13.2 Å². The van der Waals surface area contributed by atoms with Gasteiger partial charge in [-0.05, 0) is 19.1 Å². The van der Waals surface area contributed by atoms with Crippen molar-refractivity contribution in [1.82, 2.24) is 0 Å². The van der Waals surface area contributed by atoms with Gasteiger partial charge in [0.1, 0.15) is 0 Å². The van der Waals surface area contributed by atoms with Gasteiger partial charge in [0.25, 0.3) is 0 Å². The number of aliphatic hydroxyl groups excluding tert-OH is 2. The van der Waals surface area contributed by atoms with E-state index >= 15 is 0 Å². The van der Waals surface area contributed by atoms with E-state index in [1.807, 2.05) is 0 Å². The average molecular weight is 253 g/mol. The van der Waals surface area contributed by atoms with Crippen LogP contribution in [0.2, 0.25) is 0 Å². The molecule has 0 aromatic heterocycles. The highest BCUT2D eigenvalue weighted by molar-refractivity contribution is 6.14. The van der Waals surface area contributed by atoms with Crippen LogP contribution in [0.4, 0.5) is 0 Å². The molecule has 0 bridgehead atoms. The highest BCUT2D eigenvalue weighted by Crippen LogP contribution is 2.18. The molecule has 98 valence electrons. The van der Waals surface area contributed by atoms with Crippen LogP contribution < -0.4 is 5.73 Å². The van der Waals surface area contributed by atoms with Crippen LogP contribution in [0.25, 0.3) is 0 Å². The summed E-state index contributed by atoms with van der Waals surface area (Å²) in [5, 5.41) is 16.6. The van der Waals surface area contributed by atoms with Gasteiger partial charge >= 0.3 is 11.9 Å². The van der Waals surface area contributed by atoms with Gasteiger partial charge in [0.15, 0.2) is 0 Å². The quantitative estimate of drug-likeness (QED) is 0.492. The summed E-state index contributed by atoms with van der Waals surface area (Å²) in [6.45, 7) is 1.22. The van der Waals surface area contributed by atoms with E-state index in [9.17, 15) is 9.59 Å². The van der Waals surface area contributed by atoms with Crippen LogP contribution in [0.15, 0.2) is 24.3 Å². The Kier molecular flexibility index (Phi) is 4.55. The smallest absolute Gasteiger partial charge is 0.346 e. The van der Waals surface area contributed by atoms with E-state index in [2.05, 4.69) is 4.74 Å². The summed E-state index contributed by atoms with van der Waals surface area (Å²) in [6, 6.07) is 6.53. The molecule has 1 heterocycles. The van der Waals surface area contributed by atoms with Crippen molar-refractivity contribution in [3.05, 3.63) is 35.4 Å². The molecule has 1 aliphatic rings. The van der Waals surface area contributed by atoms with Gasteiger partial charge in [0.2, 0.25) is 0 Å². The zero-order chi connectivity index (χ0) is 13.8. The van der Waals surface area contributed by atoms with Crippen molar-refractivity contribution in [1.29, 1.82) is 0 Å². The molecule has 0 aliphatic carbocycles. The Balaban J connectivity index is 0.000000203. The summed E-state index contributed by atoms with van der Waals surface area (Å²) in [5.41, 5.74) is 5.13. The maximum atomic E-state index is 10.8. The SMILES string of the molecule is CC(N)(CO)CO.O=C1OC(=O)c2ccccc21. The summed E-state index contributed by atoms with van der Waals surface area (Å²) in [7, 11) is 0. The molecular formula is C12H15NO5. The molecule has 0 radical (unpaired) electrons. The highest BCUT2D eigenvalue weighted by Gasteiger charge is 2.28. The van der Waals surface area contributed by atoms with E-state index in [1.54, 1.807) is 31.2 Å². The van der Waals surface area contributed by atoms with Crippen LogP contribution in [0.1, 0.15) is 27.6 Å². The molecular weight excluding hydrogens is 238 g/mol. The van der Waals surface area contributed by atoms with Crippen LogP contribution in [0.5, 0.6) is 0 Å². The third-order valence-corrected chi connectivity index (χ3v) is 2.27. The molecule has 6 nitrogen and oxygen atoms in total. The number of hydrogen-bond donors (Lipinski definition) is 3. The van der Waals surface area contributed by atoms with E-state index < -0.39 is 17.5 Å². The van der Waals surface area contributed by atoms with Gasteiger partial charge in [-0.2, -0.15) is 0 Å². The molecule has 0 saturated heterocycles. The maximum Gasteiger partial charge on any atom is 0.346 e. The number of aliphatic hydroxyl groups is 2. The Labute approximate surface area is 104 Å². The van der Waals surface area contributed by atoms with E-state index in [4.69, 9.17) is 15.9 Å². The molecule has 0 atom stereocenters. The Morgan fingerprint density at radius 3 is 1.78 bits per heavy atom. The van der Waals surface area contributed by atoms with Crippen molar-refractivity contribution in [2.45, 2.75) is 12.5 Å². The molecule has 0 spiro atoms. The van der Waals surface area contributed by atoms with Crippen LogP contribution in [0, 0.1) is 0 Å². The predicted molar refractivity (Wildman–Crippen MR) is 63.0 cm³/mol.